The van der Waals surface area contributed by atoms with Crippen LogP contribution in [0.15, 0.2) is 65.7 Å². The largest absolute Gasteiger partial charge is 0.478 e. The van der Waals surface area contributed by atoms with Crippen LogP contribution in [-0.2, 0) is 25.1 Å². The highest BCUT2D eigenvalue weighted by Crippen LogP contribution is 2.49. The minimum Gasteiger partial charge on any atom is -0.478 e. The lowest BCUT2D eigenvalue weighted by Crippen LogP contribution is -2.61. The molecule has 1 aromatic heterocycles. The summed E-state index contributed by atoms with van der Waals surface area (Å²) in [6.45, 7) is 7.65. The molecular formula is C36H38N8O6S. The first-order valence-corrected chi connectivity index (χ1v) is 18.5. The minimum atomic E-state index is -4.59. The zero-order valence-electron chi connectivity index (χ0n) is 28.2. The van der Waals surface area contributed by atoms with Gasteiger partial charge in [0.1, 0.15) is 0 Å². The first-order chi connectivity index (χ1) is 24.7. The number of aromatic nitrogens is 1. The lowest BCUT2D eigenvalue weighted by atomic mass is 9.83. The third kappa shape index (κ3) is 6.06. The molecule has 3 amide bonds. The van der Waals surface area contributed by atoms with Gasteiger partial charge >= 0.3 is 6.03 Å². The molecule has 3 aromatic rings. The number of nitrogens with one attached hydrogen (secondary N) is 1. The van der Waals surface area contributed by atoms with Crippen molar-refractivity contribution in [3.8, 4) is 18.0 Å². The van der Waals surface area contributed by atoms with Crippen LogP contribution in [0.4, 0.5) is 10.5 Å². The second-order valence-electron chi connectivity index (χ2n) is 13.0. The number of ether oxygens (including phenoxy) is 2. The number of benzene rings is 2. The van der Waals surface area contributed by atoms with Gasteiger partial charge in [-0.05, 0) is 74.4 Å². The zero-order chi connectivity index (χ0) is 35.8. The summed E-state index contributed by atoms with van der Waals surface area (Å²) in [5, 5.41) is 22.1. The number of piperazine rings is 1. The summed E-state index contributed by atoms with van der Waals surface area (Å²) in [5.41, 5.74) is -1.54. The summed E-state index contributed by atoms with van der Waals surface area (Å²) in [6, 6.07) is 17.0. The van der Waals surface area contributed by atoms with Crippen molar-refractivity contribution in [2.24, 2.45) is 0 Å². The number of nitrogens with zero attached hydrogens (tertiary/aromatic N) is 7. The van der Waals surface area contributed by atoms with Gasteiger partial charge < -0.3 is 19.7 Å². The molecule has 0 radical (unpaired) electrons. The minimum absolute atomic E-state index is 0.0282. The van der Waals surface area contributed by atoms with Gasteiger partial charge in [0.15, 0.2) is 5.54 Å². The molecule has 0 spiro atoms. The number of carbonyl (C=O) groups excluding carboxylic acids is 2. The number of anilines is 1. The lowest BCUT2D eigenvalue weighted by Gasteiger charge is -2.46. The molecule has 0 bridgehead atoms. The van der Waals surface area contributed by atoms with E-state index in [9.17, 15) is 23.7 Å². The van der Waals surface area contributed by atoms with Gasteiger partial charge in [-0.15, -0.1) is 0 Å². The molecule has 1 unspecified atom stereocenters. The van der Waals surface area contributed by atoms with Crippen LogP contribution in [0.1, 0.15) is 42.0 Å². The number of carbonyl (C=O) groups is 2. The number of sulfonamides is 1. The molecule has 3 saturated heterocycles. The first kappa shape index (κ1) is 34.4. The van der Waals surface area contributed by atoms with E-state index in [1.165, 1.54) is 48.7 Å². The summed E-state index contributed by atoms with van der Waals surface area (Å²) >= 11 is 0. The fourth-order valence-electron chi connectivity index (χ4n) is 7.46. The summed E-state index contributed by atoms with van der Waals surface area (Å²) in [6.07, 6.45) is 3.57. The number of pyridine rings is 1. The fourth-order valence-corrected chi connectivity index (χ4v) is 8.93. The molecule has 1 atom stereocenters. The van der Waals surface area contributed by atoms with E-state index in [4.69, 9.17) is 9.47 Å². The van der Waals surface area contributed by atoms with Crippen molar-refractivity contribution < 1.29 is 27.5 Å². The van der Waals surface area contributed by atoms with Crippen molar-refractivity contribution in [2.45, 2.75) is 42.3 Å². The van der Waals surface area contributed by atoms with Crippen LogP contribution in [-0.4, -0.2) is 111 Å². The third-order valence-electron chi connectivity index (χ3n) is 10.3. The van der Waals surface area contributed by atoms with Crippen molar-refractivity contribution >= 4 is 27.6 Å². The molecule has 0 aliphatic carbocycles. The molecule has 5 heterocycles. The number of amides is 3. The highest BCUT2D eigenvalue weighted by Gasteiger charge is 2.59. The number of hydrogen-bond donors (Lipinski definition) is 1. The average molecular weight is 711 g/mol. The predicted octanol–water partition coefficient (Wildman–Crippen LogP) is 2.39. The van der Waals surface area contributed by atoms with Crippen LogP contribution < -0.4 is 14.4 Å². The molecule has 3 fully saturated rings. The number of urea groups is 1. The van der Waals surface area contributed by atoms with Gasteiger partial charge in [-0.2, -0.15) is 14.8 Å². The van der Waals surface area contributed by atoms with E-state index in [-0.39, 0.29) is 45.3 Å². The number of fused-ring (bicyclic) bond motifs is 1. The summed E-state index contributed by atoms with van der Waals surface area (Å²) < 4.78 is 40.5. The monoisotopic (exact) mass is 710 g/mol. The highest BCUT2D eigenvalue weighted by molar-refractivity contribution is 7.93. The number of piperidine rings is 1. The molecule has 14 nitrogen and oxygen atoms in total. The van der Waals surface area contributed by atoms with Crippen LogP contribution >= 0.6 is 0 Å². The van der Waals surface area contributed by atoms with Crippen molar-refractivity contribution in [2.75, 3.05) is 63.4 Å². The van der Waals surface area contributed by atoms with Crippen molar-refractivity contribution in [1.82, 2.24) is 25.0 Å². The maximum absolute atomic E-state index is 15.0. The van der Waals surface area contributed by atoms with E-state index in [2.05, 4.69) is 26.2 Å². The van der Waals surface area contributed by atoms with Crippen LogP contribution in [0.2, 0.25) is 0 Å². The van der Waals surface area contributed by atoms with Crippen LogP contribution in [0.25, 0.3) is 0 Å². The van der Waals surface area contributed by atoms with Crippen LogP contribution in [0, 0.1) is 22.7 Å². The predicted molar refractivity (Wildman–Crippen MR) is 184 cm³/mol. The molecule has 7 rings (SSSR count). The Hall–Kier alpha value is -5.06. The van der Waals surface area contributed by atoms with E-state index in [0.29, 0.717) is 42.6 Å². The van der Waals surface area contributed by atoms with Gasteiger partial charge in [-0.3, -0.25) is 14.6 Å². The highest BCUT2D eigenvalue weighted by atomic mass is 32.2. The van der Waals surface area contributed by atoms with E-state index in [0.717, 1.165) is 39.1 Å². The third-order valence-corrected chi connectivity index (χ3v) is 12.0. The van der Waals surface area contributed by atoms with Gasteiger partial charge in [0.05, 0.1) is 65.3 Å². The number of rotatable bonds is 8. The maximum Gasteiger partial charge on any atom is 0.318 e. The molecule has 15 heteroatoms. The Morgan fingerprint density at radius 2 is 1.61 bits per heavy atom. The molecule has 1 N–H and O–H groups in total. The van der Waals surface area contributed by atoms with E-state index < -0.39 is 27.5 Å². The first-order valence-electron chi connectivity index (χ1n) is 17.1. The molecule has 4 aliphatic rings. The lowest BCUT2D eigenvalue weighted by molar-refractivity contribution is -0.121. The van der Waals surface area contributed by atoms with Gasteiger partial charge in [0.2, 0.25) is 5.88 Å². The number of hydrogen-bond acceptors (Lipinski definition) is 11. The summed E-state index contributed by atoms with van der Waals surface area (Å²) in [7, 11) is -4.59. The Morgan fingerprint density at radius 3 is 2.24 bits per heavy atom. The second kappa shape index (κ2) is 13.9. The van der Waals surface area contributed by atoms with Gasteiger partial charge in [-0.1, -0.05) is 0 Å². The molecule has 2 aromatic carbocycles. The Labute approximate surface area is 296 Å². The van der Waals surface area contributed by atoms with Crippen LogP contribution in [0.5, 0.6) is 5.88 Å². The van der Waals surface area contributed by atoms with E-state index >= 15 is 4.79 Å². The number of nitriles is 2. The zero-order valence-corrected chi connectivity index (χ0v) is 29.0. The Morgan fingerprint density at radius 1 is 0.941 bits per heavy atom. The fraction of sp³-hybridized carbons (Fsp3) is 0.417. The smallest absolute Gasteiger partial charge is 0.318 e. The normalized spacial score (nSPS) is 21.7. The SMILES string of the molecule is CCOc1ncccc1C1(NC(=O)N2CCN(C3CCN(C4COC4)CC3)CC2)C(=O)N(S(=O)(=O)c2ccc(C#N)cc2)c2ccc(C#N)cc21. The van der Waals surface area contributed by atoms with Gasteiger partial charge in [0, 0.05) is 57.1 Å². The topological polar surface area (TPSA) is 172 Å². The summed E-state index contributed by atoms with van der Waals surface area (Å²) in [4.78, 5) is 40.1. The van der Waals surface area contributed by atoms with E-state index in [1.807, 2.05) is 6.07 Å². The van der Waals surface area contributed by atoms with Crippen molar-refractivity contribution in [3.63, 3.8) is 0 Å². The second-order valence-corrected chi connectivity index (χ2v) is 14.8. The Balaban J connectivity index is 1.23. The van der Waals surface area contributed by atoms with Crippen molar-refractivity contribution in [1.29, 1.82) is 10.5 Å². The van der Waals surface area contributed by atoms with E-state index in [1.54, 1.807) is 24.0 Å². The van der Waals surface area contributed by atoms with Gasteiger partial charge in [-0.25, -0.2) is 18.2 Å². The Kier molecular flexibility index (Phi) is 9.39. The quantitative estimate of drug-likeness (QED) is 0.364. The molecular weight excluding hydrogens is 673 g/mol. The number of likely N-dealkylation sites (tertiary alicyclic amines) is 1. The van der Waals surface area contributed by atoms with Gasteiger partial charge in [0.25, 0.3) is 15.9 Å². The Bertz CT molecular complexity index is 2010. The van der Waals surface area contributed by atoms with Crippen LogP contribution in [0.3, 0.4) is 0 Å². The maximum atomic E-state index is 15.0. The summed E-state index contributed by atoms with van der Waals surface area (Å²) in [5.74, 6) is -0.953. The molecule has 0 saturated carbocycles. The average Bonchev–Trinajstić information content (AvgIpc) is 3.39. The molecule has 4 aliphatic heterocycles. The standard InChI is InChI=1S/C36H38N8O6S/c1-2-50-33-30(4-3-13-39-33)36(40-35(46)43-18-16-42(17-19-43)27-11-14-41(15-12-27)28-23-49-24-28)31-20-26(22-38)7-10-32(31)44(34(36)45)51(47,48)29-8-5-25(21-37)6-9-29/h3-10,13,20,27-28H,2,11-12,14-19,23-24H2,1H3,(H,40,46). The molecule has 51 heavy (non-hydrogen) atoms. The van der Waals surface area contributed by atoms with Crippen molar-refractivity contribution in [3.05, 3.63) is 83.0 Å². The molecule has 264 valence electrons.